The van der Waals surface area contributed by atoms with E-state index in [4.69, 9.17) is 9.84 Å². The van der Waals surface area contributed by atoms with Crippen molar-refractivity contribution in [3.05, 3.63) is 125 Å². The van der Waals surface area contributed by atoms with E-state index in [1.807, 2.05) is 11.7 Å². The van der Waals surface area contributed by atoms with Crippen LogP contribution in [0.2, 0.25) is 0 Å². The average Bonchev–Trinajstić information content (AvgIpc) is 3.47. The minimum absolute atomic E-state index is 0.206. The molecule has 2 amide bonds. The third-order valence-corrected chi connectivity index (χ3v) is 10.8. The summed E-state index contributed by atoms with van der Waals surface area (Å²) < 4.78 is 8.11. The van der Waals surface area contributed by atoms with Crippen molar-refractivity contribution in [2.75, 3.05) is 44.2 Å². The van der Waals surface area contributed by atoms with E-state index in [-0.39, 0.29) is 11.8 Å². The molecule has 1 N–H and O–H groups in total. The van der Waals surface area contributed by atoms with Gasteiger partial charge in [-0.05, 0) is 77.8 Å². The number of imide groups is 1. The molecule has 0 saturated carbocycles. The smallest absolute Gasteiger partial charge is 0.235 e. The monoisotopic (exact) mass is 653 g/mol. The molecular formula is C41H43N5O3. The summed E-state index contributed by atoms with van der Waals surface area (Å²) in [7, 11) is 1.92. The summed E-state index contributed by atoms with van der Waals surface area (Å²) >= 11 is 0. The van der Waals surface area contributed by atoms with Gasteiger partial charge in [-0.15, -0.1) is 0 Å². The highest BCUT2D eigenvalue weighted by Crippen LogP contribution is 2.46. The van der Waals surface area contributed by atoms with Crippen LogP contribution < -0.4 is 15.0 Å². The first-order valence-electron chi connectivity index (χ1n) is 17.6. The number of amides is 2. The third kappa shape index (κ3) is 6.33. The lowest BCUT2D eigenvalue weighted by Gasteiger charge is -2.36. The molecule has 8 rings (SSSR count). The largest absolute Gasteiger partial charge is 0.492 e. The third-order valence-electron chi connectivity index (χ3n) is 10.8. The van der Waals surface area contributed by atoms with Crippen LogP contribution in [0.1, 0.15) is 65.0 Å². The number of anilines is 1. The number of hydrogen-bond acceptors (Lipinski definition) is 6. The summed E-state index contributed by atoms with van der Waals surface area (Å²) in [5.41, 5.74) is 8.60. The second-order valence-corrected chi connectivity index (χ2v) is 13.7. The van der Waals surface area contributed by atoms with Crippen LogP contribution in [0.15, 0.2) is 97.1 Å². The van der Waals surface area contributed by atoms with Crippen LogP contribution in [0.3, 0.4) is 0 Å². The van der Waals surface area contributed by atoms with Crippen LogP contribution in [-0.2, 0) is 23.1 Å². The SMILES string of the molecule is Cn1nc(C2CCC(=O)NC2=O)c2ccc(N3CCN(CCOc4ccc(C5c6ccccc6CCC5c5ccccc5)cc4)CC3)cc21. The fourth-order valence-corrected chi connectivity index (χ4v) is 8.21. The molecule has 2 fully saturated rings. The summed E-state index contributed by atoms with van der Waals surface area (Å²) in [4.78, 5) is 29.1. The van der Waals surface area contributed by atoms with Gasteiger partial charge >= 0.3 is 0 Å². The number of nitrogens with zero attached hydrogens (tertiary/aromatic N) is 4. The quantitative estimate of drug-likeness (QED) is 0.202. The molecule has 0 spiro atoms. The Bertz CT molecular complexity index is 1960. The molecule has 250 valence electrons. The van der Waals surface area contributed by atoms with Crippen LogP contribution >= 0.6 is 0 Å². The van der Waals surface area contributed by atoms with Crippen LogP contribution in [-0.4, -0.2) is 65.8 Å². The Morgan fingerprint density at radius 1 is 0.816 bits per heavy atom. The number of carbonyl (C=O) groups is 2. The van der Waals surface area contributed by atoms with Crippen LogP contribution in [0, 0.1) is 0 Å². The Morgan fingerprint density at radius 3 is 2.39 bits per heavy atom. The molecule has 49 heavy (non-hydrogen) atoms. The highest BCUT2D eigenvalue weighted by Gasteiger charge is 2.33. The van der Waals surface area contributed by atoms with Crippen molar-refractivity contribution in [2.45, 2.75) is 43.4 Å². The molecule has 4 aromatic carbocycles. The lowest BCUT2D eigenvalue weighted by Crippen LogP contribution is -2.47. The lowest BCUT2D eigenvalue weighted by atomic mass is 9.69. The second-order valence-electron chi connectivity index (χ2n) is 13.7. The zero-order valence-corrected chi connectivity index (χ0v) is 28.1. The van der Waals surface area contributed by atoms with E-state index in [9.17, 15) is 9.59 Å². The first-order chi connectivity index (χ1) is 24.0. The maximum Gasteiger partial charge on any atom is 0.235 e. The number of nitrogens with one attached hydrogen (secondary N) is 1. The number of piperazine rings is 1. The predicted molar refractivity (Wildman–Crippen MR) is 192 cm³/mol. The van der Waals surface area contributed by atoms with Crippen LogP contribution in [0.25, 0.3) is 10.9 Å². The van der Waals surface area contributed by atoms with Crippen molar-refractivity contribution >= 4 is 28.4 Å². The normalized spacial score (nSPS) is 21.4. The van der Waals surface area contributed by atoms with Gasteiger partial charge in [0.1, 0.15) is 12.4 Å². The van der Waals surface area contributed by atoms with E-state index < -0.39 is 5.92 Å². The molecule has 1 aliphatic carbocycles. The number of fused-ring (bicyclic) bond motifs is 2. The number of carbonyl (C=O) groups excluding carboxylic acids is 2. The fourth-order valence-electron chi connectivity index (χ4n) is 8.21. The Morgan fingerprint density at radius 2 is 1.59 bits per heavy atom. The van der Waals surface area contributed by atoms with E-state index in [1.165, 1.54) is 22.3 Å². The van der Waals surface area contributed by atoms with Crippen molar-refractivity contribution < 1.29 is 14.3 Å². The van der Waals surface area contributed by atoms with Gasteiger partial charge in [0, 0.05) is 63.2 Å². The van der Waals surface area contributed by atoms with Gasteiger partial charge in [-0.25, -0.2) is 0 Å². The zero-order valence-electron chi connectivity index (χ0n) is 28.1. The maximum absolute atomic E-state index is 12.5. The van der Waals surface area contributed by atoms with E-state index in [0.29, 0.717) is 31.3 Å². The second kappa shape index (κ2) is 13.5. The molecule has 8 heteroatoms. The van der Waals surface area contributed by atoms with Gasteiger partial charge in [-0.2, -0.15) is 5.10 Å². The number of ether oxygens (including phenoxy) is 1. The topological polar surface area (TPSA) is 79.7 Å². The van der Waals surface area contributed by atoms with Gasteiger partial charge < -0.3 is 9.64 Å². The number of aryl methyl sites for hydroxylation is 2. The molecule has 2 aliphatic heterocycles. The number of piperidine rings is 1. The van der Waals surface area contributed by atoms with Crippen molar-refractivity contribution in [2.24, 2.45) is 7.05 Å². The van der Waals surface area contributed by atoms with Gasteiger partial charge in [0.05, 0.1) is 17.1 Å². The van der Waals surface area contributed by atoms with E-state index >= 15 is 0 Å². The first-order valence-corrected chi connectivity index (χ1v) is 17.6. The van der Waals surface area contributed by atoms with Gasteiger partial charge in [-0.1, -0.05) is 66.7 Å². The van der Waals surface area contributed by atoms with Crippen LogP contribution in [0.5, 0.6) is 5.75 Å². The number of benzene rings is 4. The van der Waals surface area contributed by atoms with E-state index in [2.05, 4.69) is 112 Å². The predicted octanol–water partition coefficient (Wildman–Crippen LogP) is 6.16. The lowest BCUT2D eigenvalue weighted by molar-refractivity contribution is -0.134. The summed E-state index contributed by atoms with van der Waals surface area (Å²) in [5.74, 6) is 0.870. The number of rotatable bonds is 8. The molecule has 3 unspecified atom stereocenters. The zero-order chi connectivity index (χ0) is 33.3. The molecule has 5 aromatic rings. The van der Waals surface area contributed by atoms with Crippen LogP contribution in [0.4, 0.5) is 5.69 Å². The Balaban J connectivity index is 0.867. The Kier molecular flexibility index (Phi) is 8.64. The Hall–Kier alpha value is -4.95. The standard InChI is InChI=1S/C41H43N5O3/c1-44-37-27-31(14-18-35(37)40(43-44)36-19-20-38(47)42-41(36)48)46-23-21-45(22-24-46)25-26-49-32-15-11-30(12-16-32)39-33-10-6-5-9-29(33)13-17-34(39)28-7-3-2-4-8-28/h2-12,14-16,18,27,34,36,39H,13,17,19-26H2,1H3,(H,42,47,48). The highest BCUT2D eigenvalue weighted by molar-refractivity contribution is 6.02. The summed E-state index contributed by atoms with van der Waals surface area (Å²) in [5, 5.41) is 8.15. The molecule has 0 radical (unpaired) electrons. The molecule has 8 nitrogen and oxygen atoms in total. The fraction of sp³-hybridized carbons (Fsp3) is 0.341. The molecule has 3 atom stereocenters. The summed E-state index contributed by atoms with van der Waals surface area (Å²) in [6.07, 6.45) is 3.12. The van der Waals surface area contributed by atoms with Gasteiger partial charge in [0.2, 0.25) is 11.8 Å². The number of hydrogen-bond donors (Lipinski definition) is 1. The summed E-state index contributed by atoms with van der Waals surface area (Å²) in [6.45, 7) is 5.34. The van der Waals surface area contributed by atoms with Crippen molar-refractivity contribution in [3.63, 3.8) is 0 Å². The van der Waals surface area contributed by atoms with E-state index in [0.717, 1.165) is 73.6 Å². The molecular weight excluding hydrogens is 610 g/mol. The molecule has 1 aromatic heterocycles. The molecule has 3 heterocycles. The van der Waals surface area contributed by atoms with Gasteiger partial charge in [0.25, 0.3) is 0 Å². The molecule has 0 bridgehead atoms. The maximum atomic E-state index is 12.5. The summed E-state index contributed by atoms with van der Waals surface area (Å²) in [6, 6.07) is 35.2. The van der Waals surface area contributed by atoms with E-state index in [1.54, 1.807) is 0 Å². The highest BCUT2D eigenvalue weighted by atomic mass is 16.5. The average molecular weight is 654 g/mol. The molecule has 3 aliphatic rings. The van der Waals surface area contributed by atoms with Crippen molar-refractivity contribution in [1.82, 2.24) is 20.0 Å². The van der Waals surface area contributed by atoms with Gasteiger partial charge in [0.15, 0.2) is 0 Å². The minimum Gasteiger partial charge on any atom is -0.492 e. The van der Waals surface area contributed by atoms with Crippen molar-refractivity contribution in [1.29, 1.82) is 0 Å². The van der Waals surface area contributed by atoms with Gasteiger partial charge in [-0.3, -0.25) is 24.5 Å². The van der Waals surface area contributed by atoms with Crippen molar-refractivity contribution in [3.8, 4) is 5.75 Å². The number of aromatic nitrogens is 2. The Labute approximate surface area is 287 Å². The first kappa shape index (κ1) is 31.3. The molecule has 2 saturated heterocycles. The minimum atomic E-state index is -0.391.